The van der Waals surface area contributed by atoms with Gasteiger partial charge in [-0.3, -0.25) is 0 Å². The first-order valence-corrected chi connectivity index (χ1v) is 4.07. The van der Waals surface area contributed by atoms with E-state index in [9.17, 15) is 5.11 Å². The minimum absolute atomic E-state index is 0.273. The van der Waals surface area contributed by atoms with Crippen molar-refractivity contribution in [1.29, 1.82) is 0 Å². The molecule has 1 N–H and O–H groups in total. The second-order valence-electron chi connectivity index (χ2n) is 3.08. The van der Waals surface area contributed by atoms with Crippen LogP contribution >= 0.6 is 0 Å². The van der Waals surface area contributed by atoms with Crippen LogP contribution in [0.3, 0.4) is 0 Å². The first-order valence-electron chi connectivity index (χ1n) is 4.07. The van der Waals surface area contributed by atoms with Crippen molar-refractivity contribution in [3.63, 3.8) is 0 Å². The predicted octanol–water partition coefficient (Wildman–Crippen LogP) is 2.67. The summed E-state index contributed by atoms with van der Waals surface area (Å²) < 4.78 is 0. The van der Waals surface area contributed by atoms with Crippen molar-refractivity contribution >= 4 is 0 Å². The van der Waals surface area contributed by atoms with Gasteiger partial charge in [-0.15, -0.1) is 0 Å². The Morgan fingerprint density at radius 2 is 1.82 bits per heavy atom. The van der Waals surface area contributed by atoms with Gasteiger partial charge in [0.15, 0.2) is 0 Å². The van der Waals surface area contributed by atoms with E-state index >= 15 is 0 Å². The van der Waals surface area contributed by atoms with E-state index in [0.717, 1.165) is 12.0 Å². The van der Waals surface area contributed by atoms with Gasteiger partial charge in [-0.2, -0.15) is 0 Å². The molecule has 0 amide bonds. The maximum Gasteiger partial charge on any atom is 0.0747 e. The Morgan fingerprint density at radius 1 is 1.27 bits per heavy atom. The molecule has 0 bridgehead atoms. The molecule has 1 atom stereocenters. The van der Waals surface area contributed by atoms with Crippen LogP contribution in [0.1, 0.15) is 34.1 Å². The average molecular weight is 154 g/mol. The lowest BCUT2D eigenvalue weighted by Gasteiger charge is -2.06. The van der Waals surface area contributed by atoms with Crippen molar-refractivity contribution < 1.29 is 5.11 Å². The van der Waals surface area contributed by atoms with Gasteiger partial charge in [0, 0.05) is 0 Å². The van der Waals surface area contributed by atoms with Gasteiger partial charge in [-0.25, -0.2) is 0 Å². The van der Waals surface area contributed by atoms with Crippen LogP contribution in [0.25, 0.3) is 0 Å². The third-order valence-electron chi connectivity index (χ3n) is 1.59. The maximum absolute atomic E-state index is 9.34. The second-order valence-corrected chi connectivity index (χ2v) is 3.08. The standard InChI is InChI=1S/C10H18O/c1-5-10(11)9(4)7-6-8(2)3/h6-7,10-11H,5H2,1-4H3. The summed E-state index contributed by atoms with van der Waals surface area (Å²) in [6, 6.07) is 0. The van der Waals surface area contributed by atoms with Crippen molar-refractivity contribution in [3.8, 4) is 0 Å². The molecule has 0 aliphatic carbocycles. The Labute approximate surface area is 69.4 Å². The van der Waals surface area contributed by atoms with Gasteiger partial charge in [0.1, 0.15) is 0 Å². The molecule has 64 valence electrons. The summed E-state index contributed by atoms with van der Waals surface area (Å²) in [6.07, 6.45) is 4.52. The Hall–Kier alpha value is -0.560. The molecule has 0 saturated heterocycles. The van der Waals surface area contributed by atoms with Gasteiger partial charge in [0.05, 0.1) is 6.10 Å². The fourth-order valence-corrected chi connectivity index (χ4v) is 0.731. The van der Waals surface area contributed by atoms with Crippen LogP contribution in [0, 0.1) is 0 Å². The van der Waals surface area contributed by atoms with Gasteiger partial charge >= 0.3 is 0 Å². The summed E-state index contributed by atoms with van der Waals surface area (Å²) in [6.45, 7) is 8.02. The molecule has 1 nitrogen and oxygen atoms in total. The van der Waals surface area contributed by atoms with Crippen LogP contribution in [-0.4, -0.2) is 11.2 Å². The van der Waals surface area contributed by atoms with Crippen LogP contribution in [0.15, 0.2) is 23.3 Å². The third kappa shape index (κ3) is 4.79. The summed E-state index contributed by atoms with van der Waals surface area (Å²) in [5.74, 6) is 0. The number of aliphatic hydroxyl groups excluding tert-OH is 1. The Bertz CT molecular complexity index is 162. The molecule has 1 heteroatoms. The lowest BCUT2D eigenvalue weighted by atomic mass is 10.1. The molecule has 0 aromatic heterocycles. The van der Waals surface area contributed by atoms with Gasteiger partial charge in [-0.1, -0.05) is 24.6 Å². The zero-order valence-electron chi connectivity index (χ0n) is 7.89. The summed E-state index contributed by atoms with van der Waals surface area (Å²) in [5, 5.41) is 9.34. The molecular weight excluding hydrogens is 136 g/mol. The number of hydrogen-bond donors (Lipinski definition) is 1. The summed E-state index contributed by atoms with van der Waals surface area (Å²) in [4.78, 5) is 0. The van der Waals surface area contributed by atoms with E-state index in [2.05, 4.69) is 0 Å². The van der Waals surface area contributed by atoms with E-state index in [-0.39, 0.29) is 6.10 Å². The number of allylic oxidation sites excluding steroid dienone is 3. The van der Waals surface area contributed by atoms with Crippen molar-refractivity contribution in [1.82, 2.24) is 0 Å². The highest BCUT2D eigenvalue weighted by Gasteiger charge is 1.99. The molecule has 0 fully saturated rings. The highest BCUT2D eigenvalue weighted by molar-refractivity contribution is 5.16. The molecule has 0 aliphatic rings. The van der Waals surface area contributed by atoms with Crippen LogP contribution in [0.5, 0.6) is 0 Å². The van der Waals surface area contributed by atoms with Crippen LogP contribution in [0.4, 0.5) is 0 Å². The van der Waals surface area contributed by atoms with Gasteiger partial charge in [0.2, 0.25) is 0 Å². The number of aliphatic hydroxyl groups is 1. The quantitative estimate of drug-likeness (QED) is 0.620. The normalized spacial score (nSPS) is 14.5. The van der Waals surface area contributed by atoms with Crippen molar-refractivity contribution in [2.24, 2.45) is 0 Å². The van der Waals surface area contributed by atoms with Crippen molar-refractivity contribution in [2.45, 2.75) is 40.2 Å². The molecule has 0 aromatic rings. The zero-order chi connectivity index (χ0) is 8.85. The lowest BCUT2D eigenvalue weighted by molar-refractivity contribution is 0.206. The minimum Gasteiger partial charge on any atom is -0.389 e. The molecule has 0 aromatic carbocycles. The van der Waals surface area contributed by atoms with Crippen molar-refractivity contribution in [2.75, 3.05) is 0 Å². The van der Waals surface area contributed by atoms with Crippen LogP contribution in [-0.2, 0) is 0 Å². The summed E-state index contributed by atoms with van der Waals surface area (Å²) in [5.41, 5.74) is 2.29. The largest absolute Gasteiger partial charge is 0.389 e. The second kappa shape index (κ2) is 5.14. The molecule has 0 radical (unpaired) electrons. The monoisotopic (exact) mass is 154 g/mol. The van der Waals surface area contributed by atoms with E-state index in [4.69, 9.17) is 0 Å². The molecule has 0 heterocycles. The SMILES string of the molecule is CCC(O)C(C)=CC=C(C)C. The Kier molecular flexibility index (Phi) is 4.88. The maximum atomic E-state index is 9.34. The van der Waals surface area contributed by atoms with Gasteiger partial charge in [0.25, 0.3) is 0 Å². The molecule has 0 aliphatic heterocycles. The summed E-state index contributed by atoms with van der Waals surface area (Å²) in [7, 11) is 0. The van der Waals surface area contributed by atoms with Crippen LogP contribution in [0.2, 0.25) is 0 Å². The van der Waals surface area contributed by atoms with E-state index in [1.165, 1.54) is 5.57 Å². The minimum atomic E-state index is -0.273. The molecule has 11 heavy (non-hydrogen) atoms. The number of hydrogen-bond acceptors (Lipinski definition) is 1. The Balaban J connectivity index is 4.11. The predicted molar refractivity (Wildman–Crippen MR) is 49.5 cm³/mol. The van der Waals surface area contributed by atoms with E-state index in [1.807, 2.05) is 39.8 Å². The molecule has 0 spiro atoms. The van der Waals surface area contributed by atoms with E-state index < -0.39 is 0 Å². The van der Waals surface area contributed by atoms with E-state index in [0.29, 0.717) is 0 Å². The van der Waals surface area contributed by atoms with Crippen LogP contribution < -0.4 is 0 Å². The first kappa shape index (κ1) is 10.4. The smallest absolute Gasteiger partial charge is 0.0747 e. The Morgan fingerprint density at radius 3 is 2.18 bits per heavy atom. The third-order valence-corrected chi connectivity index (χ3v) is 1.59. The average Bonchev–Trinajstić information content (AvgIpc) is 1.98. The molecule has 0 rings (SSSR count). The van der Waals surface area contributed by atoms with Gasteiger partial charge in [-0.05, 0) is 32.8 Å². The van der Waals surface area contributed by atoms with E-state index in [1.54, 1.807) is 0 Å². The fraction of sp³-hybridized carbons (Fsp3) is 0.600. The summed E-state index contributed by atoms with van der Waals surface area (Å²) >= 11 is 0. The first-order chi connectivity index (χ1) is 5.07. The number of rotatable bonds is 3. The highest BCUT2D eigenvalue weighted by Crippen LogP contribution is 2.05. The topological polar surface area (TPSA) is 20.2 Å². The lowest BCUT2D eigenvalue weighted by Crippen LogP contribution is -2.04. The van der Waals surface area contributed by atoms with Crippen molar-refractivity contribution in [3.05, 3.63) is 23.3 Å². The molecule has 1 unspecified atom stereocenters. The molecular formula is C10H18O. The van der Waals surface area contributed by atoms with Gasteiger partial charge < -0.3 is 5.11 Å². The molecule has 0 saturated carbocycles. The highest BCUT2D eigenvalue weighted by atomic mass is 16.3. The fourth-order valence-electron chi connectivity index (χ4n) is 0.731. The zero-order valence-corrected chi connectivity index (χ0v) is 7.89.